The Labute approximate surface area is 126 Å². The number of thioether (sulfide) groups is 1. The van der Waals surface area contributed by atoms with E-state index in [2.05, 4.69) is 10.1 Å². The number of carboxylic acids is 1. The molecule has 2 rings (SSSR count). The molecule has 1 heterocycles. The summed E-state index contributed by atoms with van der Waals surface area (Å²) >= 11 is 1.53. The molecule has 0 bridgehead atoms. The predicted octanol–water partition coefficient (Wildman–Crippen LogP) is 2.21. The first-order valence-corrected chi connectivity index (χ1v) is 7.13. The Morgan fingerprint density at radius 2 is 2.33 bits per heavy atom. The maximum Gasteiger partial charge on any atom is 0.328 e. The lowest BCUT2D eigenvalue weighted by Crippen LogP contribution is -1.95. The van der Waals surface area contributed by atoms with Crippen molar-refractivity contribution in [3.8, 4) is 5.75 Å². The van der Waals surface area contributed by atoms with Crippen molar-refractivity contribution < 1.29 is 14.6 Å². The van der Waals surface area contributed by atoms with Crippen molar-refractivity contribution in [3.63, 3.8) is 0 Å². The fourth-order valence-electron chi connectivity index (χ4n) is 1.72. The lowest BCUT2D eigenvalue weighted by molar-refractivity contribution is -0.131. The minimum absolute atomic E-state index is 0.642. The van der Waals surface area contributed by atoms with Gasteiger partial charge in [0.1, 0.15) is 12.1 Å². The monoisotopic (exact) mass is 305 g/mol. The standard InChI is InChI=1S/C14H15N3O3S/c1-17-14(15-9-16-17)21-8-11-7-12(20-2)5-3-10(11)4-6-13(18)19/h3-7,9H,8H2,1-2H3,(H,18,19)/b6-4+. The van der Waals surface area contributed by atoms with Gasteiger partial charge in [0.2, 0.25) is 0 Å². The van der Waals surface area contributed by atoms with Crippen molar-refractivity contribution >= 4 is 23.8 Å². The summed E-state index contributed by atoms with van der Waals surface area (Å²) in [7, 11) is 3.42. The van der Waals surface area contributed by atoms with Gasteiger partial charge >= 0.3 is 5.97 Å². The third kappa shape index (κ3) is 4.09. The highest BCUT2D eigenvalue weighted by Gasteiger charge is 2.07. The number of aromatic nitrogens is 3. The number of carboxylic acid groups (broad SMARTS) is 1. The van der Waals surface area contributed by atoms with E-state index in [-0.39, 0.29) is 0 Å². The predicted molar refractivity (Wildman–Crippen MR) is 80.2 cm³/mol. The van der Waals surface area contributed by atoms with Crippen molar-refractivity contribution in [2.75, 3.05) is 7.11 Å². The van der Waals surface area contributed by atoms with Crippen LogP contribution in [0.15, 0.2) is 35.8 Å². The molecule has 110 valence electrons. The molecule has 1 aromatic carbocycles. The van der Waals surface area contributed by atoms with Crippen LogP contribution in [0.3, 0.4) is 0 Å². The SMILES string of the molecule is COc1ccc(/C=C/C(=O)O)c(CSc2ncnn2C)c1. The molecular weight excluding hydrogens is 290 g/mol. The first-order chi connectivity index (χ1) is 10.1. The zero-order chi connectivity index (χ0) is 15.2. The van der Waals surface area contributed by atoms with Gasteiger partial charge in [-0.15, -0.1) is 0 Å². The summed E-state index contributed by atoms with van der Waals surface area (Å²) in [4.78, 5) is 14.8. The highest BCUT2D eigenvalue weighted by Crippen LogP contribution is 2.26. The third-order valence-electron chi connectivity index (χ3n) is 2.78. The molecule has 0 aliphatic heterocycles. The van der Waals surface area contributed by atoms with E-state index >= 15 is 0 Å². The lowest BCUT2D eigenvalue weighted by Gasteiger charge is -2.08. The summed E-state index contributed by atoms with van der Waals surface area (Å²) in [6, 6.07) is 5.54. The molecule has 1 aromatic heterocycles. The molecule has 0 aliphatic rings. The largest absolute Gasteiger partial charge is 0.497 e. The summed E-state index contributed by atoms with van der Waals surface area (Å²) in [5, 5.41) is 13.6. The van der Waals surface area contributed by atoms with Crippen LogP contribution in [0.1, 0.15) is 11.1 Å². The fourth-order valence-corrected chi connectivity index (χ4v) is 2.61. The Morgan fingerprint density at radius 1 is 1.52 bits per heavy atom. The van der Waals surface area contributed by atoms with E-state index in [0.29, 0.717) is 5.75 Å². The van der Waals surface area contributed by atoms with E-state index in [1.165, 1.54) is 18.1 Å². The molecule has 0 saturated heterocycles. The minimum atomic E-state index is -0.974. The number of hydrogen-bond donors (Lipinski definition) is 1. The number of benzene rings is 1. The maximum atomic E-state index is 10.7. The number of hydrogen-bond acceptors (Lipinski definition) is 5. The molecule has 1 N–H and O–H groups in total. The van der Waals surface area contributed by atoms with Gasteiger partial charge in [0.05, 0.1) is 7.11 Å². The summed E-state index contributed by atoms with van der Waals surface area (Å²) in [5.74, 6) is 0.400. The number of aliphatic carboxylic acids is 1. The van der Waals surface area contributed by atoms with Crippen molar-refractivity contribution in [2.24, 2.45) is 7.05 Å². The number of nitrogens with zero attached hydrogens (tertiary/aromatic N) is 3. The maximum absolute atomic E-state index is 10.7. The topological polar surface area (TPSA) is 77.2 Å². The Morgan fingerprint density at radius 3 is 2.95 bits per heavy atom. The van der Waals surface area contributed by atoms with E-state index in [9.17, 15) is 4.79 Å². The van der Waals surface area contributed by atoms with E-state index in [1.54, 1.807) is 23.9 Å². The van der Waals surface area contributed by atoms with Crippen LogP contribution in [0.4, 0.5) is 0 Å². The average Bonchev–Trinajstić information content (AvgIpc) is 2.88. The smallest absolute Gasteiger partial charge is 0.328 e. The third-order valence-corrected chi connectivity index (χ3v) is 3.87. The Hall–Kier alpha value is -2.28. The van der Waals surface area contributed by atoms with E-state index in [1.807, 2.05) is 19.2 Å². The zero-order valence-corrected chi connectivity index (χ0v) is 12.5. The minimum Gasteiger partial charge on any atom is -0.497 e. The van der Waals surface area contributed by atoms with Crippen molar-refractivity contribution in [2.45, 2.75) is 10.9 Å². The van der Waals surface area contributed by atoms with Gasteiger partial charge in [0.25, 0.3) is 0 Å². The van der Waals surface area contributed by atoms with Crippen molar-refractivity contribution in [3.05, 3.63) is 41.7 Å². The first-order valence-electron chi connectivity index (χ1n) is 6.15. The van der Waals surface area contributed by atoms with Gasteiger partial charge in [-0.1, -0.05) is 17.8 Å². The molecule has 0 amide bonds. The second kappa shape index (κ2) is 6.94. The Bertz CT molecular complexity index is 667. The van der Waals surface area contributed by atoms with Gasteiger partial charge in [0.15, 0.2) is 5.16 Å². The fraction of sp³-hybridized carbons (Fsp3) is 0.214. The number of aryl methyl sites for hydroxylation is 1. The quantitative estimate of drug-likeness (QED) is 0.651. The molecule has 0 saturated carbocycles. The van der Waals surface area contributed by atoms with Gasteiger partial charge in [0, 0.05) is 18.9 Å². The molecule has 0 spiro atoms. The van der Waals surface area contributed by atoms with Crippen LogP contribution in [0.25, 0.3) is 6.08 Å². The highest BCUT2D eigenvalue weighted by molar-refractivity contribution is 7.98. The molecule has 2 aromatic rings. The van der Waals surface area contributed by atoms with Gasteiger partial charge < -0.3 is 9.84 Å². The number of carbonyl (C=O) groups is 1. The number of rotatable bonds is 6. The van der Waals surface area contributed by atoms with Crippen LogP contribution < -0.4 is 4.74 Å². The molecule has 0 aliphatic carbocycles. The molecular formula is C14H15N3O3S. The Balaban J connectivity index is 2.22. The number of ether oxygens (including phenoxy) is 1. The molecule has 0 unspecified atom stereocenters. The summed E-state index contributed by atoms with van der Waals surface area (Å²) < 4.78 is 6.91. The average molecular weight is 305 g/mol. The number of methoxy groups -OCH3 is 1. The highest BCUT2D eigenvalue weighted by atomic mass is 32.2. The molecule has 0 radical (unpaired) electrons. The van der Waals surface area contributed by atoms with Gasteiger partial charge in [-0.05, 0) is 29.3 Å². The molecule has 6 nitrogen and oxygen atoms in total. The van der Waals surface area contributed by atoms with Gasteiger partial charge in [-0.3, -0.25) is 0 Å². The molecule has 0 fully saturated rings. The van der Waals surface area contributed by atoms with Gasteiger partial charge in [-0.25, -0.2) is 14.5 Å². The summed E-state index contributed by atoms with van der Waals surface area (Å²) in [5.41, 5.74) is 1.81. The van der Waals surface area contributed by atoms with Crippen LogP contribution in [0, 0.1) is 0 Å². The molecule has 0 atom stereocenters. The second-order valence-electron chi connectivity index (χ2n) is 4.19. The second-order valence-corrected chi connectivity index (χ2v) is 5.13. The van der Waals surface area contributed by atoms with Crippen LogP contribution >= 0.6 is 11.8 Å². The lowest BCUT2D eigenvalue weighted by atomic mass is 10.1. The Kier molecular flexibility index (Phi) is 4.99. The molecule has 21 heavy (non-hydrogen) atoms. The van der Waals surface area contributed by atoms with Crippen LogP contribution in [-0.4, -0.2) is 33.0 Å². The van der Waals surface area contributed by atoms with E-state index < -0.39 is 5.97 Å². The van der Waals surface area contributed by atoms with Gasteiger partial charge in [-0.2, -0.15) is 5.10 Å². The van der Waals surface area contributed by atoms with E-state index in [4.69, 9.17) is 9.84 Å². The van der Waals surface area contributed by atoms with Crippen LogP contribution in [-0.2, 0) is 17.6 Å². The zero-order valence-electron chi connectivity index (χ0n) is 11.7. The molecule has 7 heteroatoms. The first kappa shape index (κ1) is 15.1. The summed E-state index contributed by atoms with van der Waals surface area (Å²) in [6.45, 7) is 0. The van der Waals surface area contributed by atoms with Crippen LogP contribution in [0.5, 0.6) is 5.75 Å². The van der Waals surface area contributed by atoms with E-state index in [0.717, 1.165) is 28.1 Å². The normalized spacial score (nSPS) is 11.0. The van der Waals surface area contributed by atoms with Crippen molar-refractivity contribution in [1.29, 1.82) is 0 Å². The van der Waals surface area contributed by atoms with Crippen LogP contribution in [0.2, 0.25) is 0 Å². The summed E-state index contributed by atoms with van der Waals surface area (Å²) in [6.07, 6.45) is 4.20. The van der Waals surface area contributed by atoms with Crippen molar-refractivity contribution in [1.82, 2.24) is 14.8 Å².